The summed E-state index contributed by atoms with van der Waals surface area (Å²) in [6, 6.07) is 6.52. The molecule has 7 heteroatoms. The van der Waals surface area contributed by atoms with E-state index < -0.39 is 34.9 Å². The second-order valence-electron chi connectivity index (χ2n) is 6.58. The van der Waals surface area contributed by atoms with Crippen molar-refractivity contribution in [3.05, 3.63) is 47.8 Å². The molecule has 0 aromatic heterocycles. The van der Waals surface area contributed by atoms with E-state index in [9.17, 15) is 22.4 Å². The molecule has 3 nitrogen and oxygen atoms in total. The Kier molecular flexibility index (Phi) is 3.79. The molecule has 1 atom stereocenters. The summed E-state index contributed by atoms with van der Waals surface area (Å²) < 4.78 is 55.8. The molecule has 0 aliphatic carbocycles. The van der Waals surface area contributed by atoms with Crippen LogP contribution in [-0.2, 0) is 4.79 Å². The van der Waals surface area contributed by atoms with Crippen molar-refractivity contribution >= 4 is 16.7 Å². The monoisotopic (exact) mass is 340 g/mol. The molecule has 0 unspecified atom stereocenters. The standard InChI is InChI=1S/C17H16F4N2O/c1-16(2)9-23(22-15(16)24)14(17(19,20)21)13-11-6-4-3-5-10(11)7-8-12(13)18/h3-8,14H,9H2,1-2H3,(H,22,24)/t14-/m0/s1. The van der Waals surface area contributed by atoms with Gasteiger partial charge in [-0.1, -0.05) is 30.3 Å². The Balaban J connectivity index is 2.19. The number of rotatable bonds is 2. The molecule has 24 heavy (non-hydrogen) atoms. The van der Waals surface area contributed by atoms with E-state index in [1.807, 2.05) is 0 Å². The van der Waals surface area contributed by atoms with E-state index in [1.54, 1.807) is 32.0 Å². The molecular formula is C17H16F4N2O. The van der Waals surface area contributed by atoms with Gasteiger partial charge in [0, 0.05) is 12.1 Å². The topological polar surface area (TPSA) is 32.3 Å². The van der Waals surface area contributed by atoms with Gasteiger partial charge >= 0.3 is 6.18 Å². The fraction of sp³-hybridized carbons (Fsp3) is 0.353. The number of hydrazine groups is 1. The molecule has 0 bridgehead atoms. The number of amides is 1. The van der Waals surface area contributed by atoms with E-state index in [0.717, 1.165) is 11.1 Å². The lowest BCUT2D eigenvalue weighted by molar-refractivity contribution is -0.191. The highest BCUT2D eigenvalue weighted by molar-refractivity contribution is 5.87. The highest BCUT2D eigenvalue weighted by Crippen LogP contribution is 2.43. The van der Waals surface area contributed by atoms with Crippen LogP contribution in [0, 0.1) is 11.2 Å². The highest BCUT2D eigenvalue weighted by atomic mass is 19.4. The lowest BCUT2D eigenvalue weighted by Gasteiger charge is -2.31. The summed E-state index contributed by atoms with van der Waals surface area (Å²) in [5.74, 6) is -1.47. The summed E-state index contributed by atoms with van der Waals surface area (Å²) in [5.41, 5.74) is 0.794. The molecular weight excluding hydrogens is 324 g/mol. The highest BCUT2D eigenvalue weighted by Gasteiger charge is 2.52. The van der Waals surface area contributed by atoms with Gasteiger partial charge in [-0.05, 0) is 30.7 Å². The van der Waals surface area contributed by atoms with Gasteiger partial charge < -0.3 is 0 Å². The number of carbonyl (C=O) groups excluding carboxylic acids is 1. The minimum absolute atomic E-state index is 0.168. The van der Waals surface area contributed by atoms with E-state index in [2.05, 4.69) is 5.43 Å². The quantitative estimate of drug-likeness (QED) is 0.840. The molecule has 1 amide bonds. The molecule has 2 aromatic carbocycles. The second-order valence-corrected chi connectivity index (χ2v) is 6.58. The lowest BCUT2D eigenvalue weighted by Crippen LogP contribution is -2.44. The van der Waals surface area contributed by atoms with Gasteiger partial charge in [-0.3, -0.25) is 10.2 Å². The maximum atomic E-state index is 14.4. The zero-order valence-corrected chi connectivity index (χ0v) is 13.1. The zero-order chi connectivity index (χ0) is 17.7. The van der Waals surface area contributed by atoms with Gasteiger partial charge in [-0.2, -0.15) is 13.2 Å². The van der Waals surface area contributed by atoms with Crippen LogP contribution >= 0.6 is 0 Å². The molecule has 0 spiro atoms. The number of fused-ring (bicyclic) bond motifs is 1. The normalized spacial score (nSPS) is 19.5. The first-order chi connectivity index (χ1) is 11.1. The van der Waals surface area contributed by atoms with Gasteiger partial charge in [0.1, 0.15) is 5.82 Å². The molecule has 1 heterocycles. The number of carbonyl (C=O) groups is 1. The van der Waals surface area contributed by atoms with Crippen LogP contribution in [0.3, 0.4) is 0 Å². The van der Waals surface area contributed by atoms with Gasteiger partial charge in [-0.15, -0.1) is 0 Å². The number of benzene rings is 2. The summed E-state index contributed by atoms with van der Waals surface area (Å²) in [6.45, 7) is 2.93. The Morgan fingerprint density at radius 1 is 1.17 bits per heavy atom. The second kappa shape index (κ2) is 5.44. The van der Waals surface area contributed by atoms with Crippen molar-refractivity contribution in [1.82, 2.24) is 10.4 Å². The summed E-state index contributed by atoms with van der Waals surface area (Å²) >= 11 is 0. The summed E-state index contributed by atoms with van der Waals surface area (Å²) in [5, 5.41) is 1.47. The van der Waals surface area contributed by atoms with E-state index in [-0.39, 0.29) is 11.9 Å². The number of nitrogens with one attached hydrogen (secondary N) is 1. The molecule has 1 aliphatic rings. The Morgan fingerprint density at radius 3 is 2.42 bits per heavy atom. The third-order valence-electron chi connectivity index (χ3n) is 4.24. The molecule has 0 saturated carbocycles. The number of halogens is 4. The molecule has 1 aliphatic heterocycles. The van der Waals surface area contributed by atoms with Crippen molar-refractivity contribution in [2.75, 3.05) is 6.54 Å². The third-order valence-corrected chi connectivity index (χ3v) is 4.24. The summed E-state index contributed by atoms with van der Waals surface area (Å²) in [6.07, 6.45) is -4.75. The van der Waals surface area contributed by atoms with Gasteiger partial charge in [-0.25, -0.2) is 9.40 Å². The van der Waals surface area contributed by atoms with E-state index in [1.165, 1.54) is 12.1 Å². The van der Waals surface area contributed by atoms with Gasteiger partial charge in [0.15, 0.2) is 6.04 Å². The summed E-state index contributed by atoms with van der Waals surface area (Å²) in [7, 11) is 0. The largest absolute Gasteiger partial charge is 0.410 e. The van der Waals surface area contributed by atoms with Crippen LogP contribution in [0.25, 0.3) is 10.8 Å². The Bertz CT molecular complexity index is 801. The Morgan fingerprint density at radius 2 is 1.83 bits per heavy atom. The molecule has 1 saturated heterocycles. The molecule has 0 radical (unpaired) electrons. The molecule has 128 valence electrons. The van der Waals surface area contributed by atoms with Crippen LogP contribution in [0.5, 0.6) is 0 Å². The number of hydrogen-bond donors (Lipinski definition) is 1. The van der Waals surface area contributed by atoms with Crippen LogP contribution < -0.4 is 5.43 Å². The minimum atomic E-state index is -4.75. The van der Waals surface area contributed by atoms with Crippen molar-refractivity contribution in [3.63, 3.8) is 0 Å². The predicted molar refractivity (Wildman–Crippen MR) is 81.3 cm³/mol. The average molecular weight is 340 g/mol. The van der Waals surface area contributed by atoms with Crippen molar-refractivity contribution in [2.24, 2.45) is 5.41 Å². The van der Waals surface area contributed by atoms with E-state index in [4.69, 9.17) is 0 Å². The number of nitrogens with zero attached hydrogens (tertiary/aromatic N) is 1. The molecule has 3 rings (SSSR count). The van der Waals surface area contributed by atoms with Crippen LogP contribution in [0.1, 0.15) is 25.5 Å². The fourth-order valence-electron chi connectivity index (χ4n) is 3.02. The third kappa shape index (κ3) is 2.73. The predicted octanol–water partition coefficient (Wildman–Crippen LogP) is 3.96. The van der Waals surface area contributed by atoms with Crippen LogP contribution in [0.4, 0.5) is 17.6 Å². The first-order valence-electron chi connectivity index (χ1n) is 7.43. The number of alkyl halides is 3. The van der Waals surface area contributed by atoms with Crippen LogP contribution in [-0.4, -0.2) is 23.6 Å². The number of hydrogen-bond acceptors (Lipinski definition) is 2. The van der Waals surface area contributed by atoms with Crippen molar-refractivity contribution < 1.29 is 22.4 Å². The van der Waals surface area contributed by atoms with E-state index >= 15 is 0 Å². The maximum absolute atomic E-state index is 14.4. The van der Waals surface area contributed by atoms with Crippen LogP contribution in [0.2, 0.25) is 0 Å². The average Bonchev–Trinajstić information content (AvgIpc) is 2.74. The fourth-order valence-corrected chi connectivity index (χ4v) is 3.02. The molecule has 1 fully saturated rings. The smallest absolute Gasteiger partial charge is 0.287 e. The van der Waals surface area contributed by atoms with E-state index in [0.29, 0.717) is 5.39 Å². The molecule has 1 N–H and O–H groups in total. The van der Waals surface area contributed by atoms with Gasteiger partial charge in [0.05, 0.1) is 5.41 Å². The van der Waals surface area contributed by atoms with Crippen molar-refractivity contribution in [2.45, 2.75) is 26.1 Å². The van der Waals surface area contributed by atoms with Crippen molar-refractivity contribution in [3.8, 4) is 0 Å². The first kappa shape index (κ1) is 16.7. The van der Waals surface area contributed by atoms with Gasteiger partial charge in [0.2, 0.25) is 5.91 Å². The zero-order valence-electron chi connectivity index (χ0n) is 13.1. The van der Waals surface area contributed by atoms with Crippen molar-refractivity contribution in [1.29, 1.82) is 0 Å². The minimum Gasteiger partial charge on any atom is -0.287 e. The first-order valence-corrected chi connectivity index (χ1v) is 7.43. The maximum Gasteiger partial charge on any atom is 0.410 e. The molecule has 2 aromatic rings. The summed E-state index contributed by atoms with van der Waals surface area (Å²) in [4.78, 5) is 11.9. The Labute approximate surface area is 136 Å². The van der Waals surface area contributed by atoms with Crippen LogP contribution in [0.15, 0.2) is 36.4 Å². The SMILES string of the molecule is CC1(C)CN([C@@H](c2c(F)ccc3ccccc23)C(F)(F)F)NC1=O. The van der Waals surface area contributed by atoms with Gasteiger partial charge in [0.25, 0.3) is 0 Å². The lowest BCUT2D eigenvalue weighted by atomic mass is 9.93. The Hall–Kier alpha value is -2.15.